The number of nitrogens with two attached hydrogens (primary N) is 1. The van der Waals surface area contributed by atoms with Crippen molar-refractivity contribution < 1.29 is 4.74 Å². The van der Waals surface area contributed by atoms with E-state index in [2.05, 4.69) is 9.97 Å². The predicted octanol–water partition coefficient (Wildman–Crippen LogP) is 0.938. The molecule has 0 bridgehead atoms. The Morgan fingerprint density at radius 3 is 2.79 bits per heavy atom. The first-order valence-corrected chi connectivity index (χ1v) is 4.47. The summed E-state index contributed by atoms with van der Waals surface area (Å²) in [5, 5.41) is 7.27. The second-order valence-electron chi connectivity index (χ2n) is 2.96. The molecule has 0 spiro atoms. The van der Waals surface area contributed by atoms with Gasteiger partial charge in [-0.25, -0.2) is 9.97 Å². The molecule has 1 unspecified atom stereocenters. The molecular weight excluding hydrogens is 180 g/mol. The lowest BCUT2D eigenvalue weighted by Crippen LogP contribution is -2.19. The van der Waals surface area contributed by atoms with Crippen molar-refractivity contribution in [2.45, 2.75) is 26.4 Å². The summed E-state index contributed by atoms with van der Waals surface area (Å²) in [7, 11) is 0. The molecule has 5 heteroatoms. The van der Waals surface area contributed by atoms with Gasteiger partial charge in [0.2, 0.25) is 5.88 Å². The highest BCUT2D eigenvalue weighted by molar-refractivity contribution is 5.94. The lowest BCUT2D eigenvalue weighted by atomic mass is 10.3. The van der Waals surface area contributed by atoms with Crippen molar-refractivity contribution in [1.29, 1.82) is 5.41 Å². The Morgan fingerprint density at radius 1 is 1.57 bits per heavy atom. The number of nitrogens with zero attached hydrogens (tertiary/aromatic N) is 2. The molecule has 1 atom stereocenters. The molecule has 0 aliphatic heterocycles. The fourth-order valence-electron chi connectivity index (χ4n) is 0.870. The van der Waals surface area contributed by atoms with Crippen molar-refractivity contribution >= 4 is 5.84 Å². The van der Waals surface area contributed by atoms with Crippen molar-refractivity contribution in [3.63, 3.8) is 0 Å². The number of amidine groups is 1. The minimum atomic E-state index is -0.128. The lowest BCUT2D eigenvalue weighted by Gasteiger charge is -2.12. The first-order valence-electron chi connectivity index (χ1n) is 4.47. The van der Waals surface area contributed by atoms with Crippen LogP contribution in [-0.2, 0) is 0 Å². The lowest BCUT2D eigenvalue weighted by molar-refractivity contribution is 0.207. The molecule has 76 valence electrons. The summed E-state index contributed by atoms with van der Waals surface area (Å²) < 4.78 is 5.46. The number of nitrogens with one attached hydrogen (secondary N) is 1. The average Bonchev–Trinajstić information content (AvgIpc) is 2.18. The summed E-state index contributed by atoms with van der Waals surface area (Å²) in [6.45, 7) is 3.94. The molecule has 1 aromatic heterocycles. The number of nitrogen functional groups attached to an aromatic ring is 1. The van der Waals surface area contributed by atoms with Crippen molar-refractivity contribution in [2.75, 3.05) is 0 Å². The number of hydrogen-bond acceptors (Lipinski definition) is 4. The third-order valence-corrected chi connectivity index (χ3v) is 1.81. The van der Waals surface area contributed by atoms with E-state index in [0.717, 1.165) is 6.42 Å². The van der Waals surface area contributed by atoms with Crippen LogP contribution in [0.15, 0.2) is 12.4 Å². The van der Waals surface area contributed by atoms with Gasteiger partial charge in [0.15, 0.2) is 5.69 Å². The molecule has 0 aromatic carbocycles. The minimum Gasteiger partial charge on any atom is -0.473 e. The van der Waals surface area contributed by atoms with Crippen LogP contribution in [-0.4, -0.2) is 21.9 Å². The van der Waals surface area contributed by atoms with Gasteiger partial charge in [0, 0.05) is 12.4 Å². The maximum absolute atomic E-state index is 7.27. The highest BCUT2D eigenvalue weighted by Crippen LogP contribution is 2.13. The SMILES string of the molecule is CCC(C)Oc1nccnc1C(=N)N. The van der Waals surface area contributed by atoms with Gasteiger partial charge < -0.3 is 10.5 Å². The summed E-state index contributed by atoms with van der Waals surface area (Å²) in [4.78, 5) is 7.91. The van der Waals surface area contributed by atoms with E-state index in [4.69, 9.17) is 15.9 Å². The van der Waals surface area contributed by atoms with E-state index in [9.17, 15) is 0 Å². The van der Waals surface area contributed by atoms with E-state index < -0.39 is 0 Å². The zero-order valence-electron chi connectivity index (χ0n) is 8.32. The Balaban J connectivity index is 2.90. The molecule has 0 amide bonds. The van der Waals surface area contributed by atoms with E-state index in [0.29, 0.717) is 11.6 Å². The fraction of sp³-hybridized carbons (Fsp3) is 0.444. The Morgan fingerprint density at radius 2 is 2.21 bits per heavy atom. The Labute approximate surface area is 82.8 Å². The highest BCUT2D eigenvalue weighted by Gasteiger charge is 2.11. The second kappa shape index (κ2) is 4.55. The van der Waals surface area contributed by atoms with Gasteiger partial charge in [0.25, 0.3) is 0 Å². The van der Waals surface area contributed by atoms with E-state index in [1.165, 1.54) is 12.4 Å². The minimum absolute atomic E-state index is 0.0461. The molecule has 1 aromatic rings. The van der Waals surface area contributed by atoms with Crippen molar-refractivity contribution in [3.8, 4) is 5.88 Å². The maximum Gasteiger partial charge on any atom is 0.244 e. The standard InChI is InChI=1S/C9H14N4O/c1-3-6(2)14-9-7(8(10)11)12-4-5-13-9/h4-6H,3H2,1-2H3,(H3,10,11). The monoisotopic (exact) mass is 194 g/mol. The van der Waals surface area contributed by atoms with E-state index in [1.54, 1.807) is 0 Å². The Hall–Kier alpha value is -1.65. The van der Waals surface area contributed by atoms with Crippen LogP contribution in [0.3, 0.4) is 0 Å². The summed E-state index contributed by atoms with van der Waals surface area (Å²) in [6.07, 6.45) is 3.92. The van der Waals surface area contributed by atoms with Crippen molar-refractivity contribution in [1.82, 2.24) is 9.97 Å². The smallest absolute Gasteiger partial charge is 0.244 e. The van der Waals surface area contributed by atoms with Gasteiger partial charge in [-0.1, -0.05) is 6.92 Å². The molecular formula is C9H14N4O. The van der Waals surface area contributed by atoms with Crippen LogP contribution in [0.5, 0.6) is 5.88 Å². The maximum atomic E-state index is 7.27. The van der Waals surface area contributed by atoms with Crippen molar-refractivity contribution in [3.05, 3.63) is 18.1 Å². The summed E-state index contributed by atoms with van der Waals surface area (Å²) >= 11 is 0. The van der Waals surface area contributed by atoms with E-state index in [-0.39, 0.29) is 11.9 Å². The molecule has 5 nitrogen and oxygen atoms in total. The number of hydrogen-bond donors (Lipinski definition) is 2. The first kappa shape index (κ1) is 10.4. The van der Waals surface area contributed by atoms with Gasteiger partial charge in [0.1, 0.15) is 5.84 Å². The predicted molar refractivity (Wildman–Crippen MR) is 53.4 cm³/mol. The van der Waals surface area contributed by atoms with Gasteiger partial charge in [-0.2, -0.15) is 0 Å². The van der Waals surface area contributed by atoms with Crippen LogP contribution in [0.4, 0.5) is 0 Å². The highest BCUT2D eigenvalue weighted by atomic mass is 16.5. The summed E-state index contributed by atoms with van der Waals surface area (Å²) in [6, 6.07) is 0. The molecule has 14 heavy (non-hydrogen) atoms. The average molecular weight is 194 g/mol. The van der Waals surface area contributed by atoms with Crippen LogP contribution in [0.2, 0.25) is 0 Å². The summed E-state index contributed by atoms with van der Waals surface area (Å²) in [5.41, 5.74) is 5.63. The molecule has 0 saturated heterocycles. The molecule has 0 aliphatic rings. The van der Waals surface area contributed by atoms with Gasteiger partial charge in [-0.05, 0) is 13.3 Å². The Bertz CT molecular complexity index is 326. The molecule has 1 rings (SSSR count). The fourth-order valence-corrected chi connectivity index (χ4v) is 0.870. The largest absolute Gasteiger partial charge is 0.473 e. The van der Waals surface area contributed by atoms with Crippen LogP contribution in [0, 0.1) is 5.41 Å². The van der Waals surface area contributed by atoms with E-state index >= 15 is 0 Å². The number of aromatic nitrogens is 2. The third kappa shape index (κ3) is 2.42. The normalized spacial score (nSPS) is 12.1. The topological polar surface area (TPSA) is 84.9 Å². The van der Waals surface area contributed by atoms with Crippen LogP contribution in [0.1, 0.15) is 26.0 Å². The van der Waals surface area contributed by atoms with Gasteiger partial charge in [-0.3, -0.25) is 5.41 Å². The van der Waals surface area contributed by atoms with Crippen LogP contribution >= 0.6 is 0 Å². The quantitative estimate of drug-likeness (QED) is 0.551. The van der Waals surface area contributed by atoms with Crippen LogP contribution < -0.4 is 10.5 Å². The zero-order valence-corrected chi connectivity index (χ0v) is 8.32. The zero-order chi connectivity index (χ0) is 10.6. The van der Waals surface area contributed by atoms with Gasteiger partial charge in [0.05, 0.1) is 6.10 Å². The van der Waals surface area contributed by atoms with E-state index in [1.807, 2.05) is 13.8 Å². The van der Waals surface area contributed by atoms with Crippen LogP contribution in [0.25, 0.3) is 0 Å². The molecule has 0 aliphatic carbocycles. The van der Waals surface area contributed by atoms with Crippen molar-refractivity contribution in [2.24, 2.45) is 5.73 Å². The molecule has 0 fully saturated rings. The number of ether oxygens (including phenoxy) is 1. The summed E-state index contributed by atoms with van der Waals surface area (Å²) in [5.74, 6) is 0.200. The van der Waals surface area contributed by atoms with Gasteiger partial charge in [-0.15, -0.1) is 0 Å². The molecule has 1 heterocycles. The third-order valence-electron chi connectivity index (χ3n) is 1.81. The first-order chi connectivity index (χ1) is 6.65. The second-order valence-corrected chi connectivity index (χ2v) is 2.96. The molecule has 3 N–H and O–H groups in total. The molecule has 0 saturated carbocycles. The number of rotatable bonds is 4. The Kier molecular flexibility index (Phi) is 3.39. The molecule has 0 radical (unpaired) electrons. The van der Waals surface area contributed by atoms with Gasteiger partial charge >= 0.3 is 0 Å².